The second-order valence-corrected chi connectivity index (χ2v) is 6.44. The molecule has 0 amide bonds. The van der Waals surface area contributed by atoms with Crippen molar-refractivity contribution in [2.24, 2.45) is 11.3 Å². The van der Waals surface area contributed by atoms with Crippen LogP contribution < -0.4 is 5.32 Å². The number of alkyl halides is 2. The maximum Gasteiger partial charge on any atom is 0.251 e. The molecule has 18 heavy (non-hydrogen) atoms. The van der Waals surface area contributed by atoms with Gasteiger partial charge in [0.2, 0.25) is 0 Å². The highest BCUT2D eigenvalue weighted by Crippen LogP contribution is 2.39. The fourth-order valence-corrected chi connectivity index (χ4v) is 3.17. The summed E-state index contributed by atoms with van der Waals surface area (Å²) in [5, 5.41) is 3.52. The molecule has 1 fully saturated rings. The van der Waals surface area contributed by atoms with Crippen molar-refractivity contribution < 1.29 is 8.78 Å². The first-order chi connectivity index (χ1) is 8.34. The number of hydrogen-bond donors (Lipinski definition) is 1. The summed E-state index contributed by atoms with van der Waals surface area (Å²) in [4.78, 5) is 1.78. The summed E-state index contributed by atoms with van der Waals surface area (Å²) in [6, 6.07) is 0.489. The van der Waals surface area contributed by atoms with Gasteiger partial charge in [-0.2, -0.15) is 0 Å². The van der Waals surface area contributed by atoms with E-state index in [2.05, 4.69) is 26.1 Å². The minimum Gasteiger partial charge on any atom is -0.314 e. The molecule has 0 aromatic heterocycles. The van der Waals surface area contributed by atoms with Crippen LogP contribution in [0.4, 0.5) is 8.78 Å². The SMILES string of the molecule is CCNC1CCC(C)(C)CC1CN(C)CC(F)F. The Bertz CT molecular complexity index is 244. The van der Waals surface area contributed by atoms with Gasteiger partial charge in [0.25, 0.3) is 6.43 Å². The molecule has 0 radical (unpaired) electrons. The zero-order valence-corrected chi connectivity index (χ0v) is 12.2. The van der Waals surface area contributed by atoms with E-state index in [4.69, 9.17) is 0 Å². The standard InChI is InChI=1S/C14H28F2N2/c1-5-17-12-6-7-14(2,3)8-11(12)9-18(4)10-13(15)16/h11-13,17H,5-10H2,1-4H3. The zero-order chi connectivity index (χ0) is 13.8. The van der Waals surface area contributed by atoms with Gasteiger partial charge in [-0.1, -0.05) is 20.8 Å². The molecule has 0 bridgehead atoms. The molecule has 2 nitrogen and oxygen atoms in total. The number of hydrogen-bond acceptors (Lipinski definition) is 2. The van der Waals surface area contributed by atoms with Crippen LogP contribution in [-0.4, -0.2) is 44.0 Å². The Balaban J connectivity index is 2.55. The van der Waals surface area contributed by atoms with Crippen molar-refractivity contribution in [3.8, 4) is 0 Å². The summed E-state index contributed by atoms with van der Waals surface area (Å²) in [6.45, 7) is 8.30. The quantitative estimate of drug-likeness (QED) is 0.791. The van der Waals surface area contributed by atoms with Crippen LogP contribution >= 0.6 is 0 Å². The van der Waals surface area contributed by atoms with Crippen LogP contribution in [0.15, 0.2) is 0 Å². The zero-order valence-electron chi connectivity index (χ0n) is 12.2. The molecule has 0 spiro atoms. The van der Waals surface area contributed by atoms with Gasteiger partial charge in [0.15, 0.2) is 0 Å². The van der Waals surface area contributed by atoms with Crippen molar-refractivity contribution in [1.29, 1.82) is 0 Å². The Morgan fingerprint density at radius 3 is 2.61 bits per heavy atom. The number of nitrogens with one attached hydrogen (secondary N) is 1. The van der Waals surface area contributed by atoms with E-state index in [-0.39, 0.29) is 6.54 Å². The first-order valence-corrected chi connectivity index (χ1v) is 7.04. The molecular weight excluding hydrogens is 234 g/mol. The molecule has 4 heteroatoms. The summed E-state index contributed by atoms with van der Waals surface area (Å²) in [5.74, 6) is 0.484. The van der Waals surface area contributed by atoms with Crippen molar-refractivity contribution in [2.45, 2.75) is 52.5 Å². The van der Waals surface area contributed by atoms with Crippen molar-refractivity contribution in [3.05, 3.63) is 0 Å². The third-order valence-corrected chi connectivity index (χ3v) is 3.98. The van der Waals surface area contributed by atoms with Gasteiger partial charge in [-0.15, -0.1) is 0 Å². The lowest BCUT2D eigenvalue weighted by atomic mass is 9.69. The lowest BCUT2D eigenvalue weighted by Crippen LogP contribution is -2.47. The van der Waals surface area contributed by atoms with Gasteiger partial charge in [-0.3, -0.25) is 0 Å². The van der Waals surface area contributed by atoms with Gasteiger partial charge in [-0.05, 0) is 44.2 Å². The van der Waals surface area contributed by atoms with Gasteiger partial charge in [0, 0.05) is 12.6 Å². The van der Waals surface area contributed by atoms with Crippen LogP contribution in [0, 0.1) is 11.3 Å². The Morgan fingerprint density at radius 1 is 1.39 bits per heavy atom. The predicted octanol–water partition coefficient (Wildman–Crippen LogP) is 2.99. The van der Waals surface area contributed by atoms with Crippen LogP contribution in [0.5, 0.6) is 0 Å². The Morgan fingerprint density at radius 2 is 2.06 bits per heavy atom. The van der Waals surface area contributed by atoms with Gasteiger partial charge in [0.05, 0.1) is 6.54 Å². The maximum atomic E-state index is 12.4. The van der Waals surface area contributed by atoms with E-state index < -0.39 is 6.43 Å². The van der Waals surface area contributed by atoms with E-state index in [1.165, 1.54) is 6.42 Å². The average Bonchev–Trinajstić information content (AvgIpc) is 2.20. The second kappa shape index (κ2) is 6.80. The van der Waals surface area contributed by atoms with Gasteiger partial charge >= 0.3 is 0 Å². The maximum absolute atomic E-state index is 12.4. The average molecular weight is 262 g/mol. The third-order valence-electron chi connectivity index (χ3n) is 3.98. The van der Waals surface area contributed by atoms with Crippen LogP contribution in [-0.2, 0) is 0 Å². The Labute approximate surface area is 110 Å². The van der Waals surface area contributed by atoms with Crippen molar-refractivity contribution in [1.82, 2.24) is 10.2 Å². The van der Waals surface area contributed by atoms with Crippen LogP contribution in [0.25, 0.3) is 0 Å². The number of rotatable bonds is 6. The monoisotopic (exact) mass is 262 g/mol. The van der Waals surface area contributed by atoms with Crippen molar-refractivity contribution in [3.63, 3.8) is 0 Å². The van der Waals surface area contributed by atoms with E-state index in [9.17, 15) is 8.78 Å². The van der Waals surface area contributed by atoms with Crippen LogP contribution in [0.3, 0.4) is 0 Å². The Hall–Kier alpha value is -0.220. The summed E-state index contributed by atoms with van der Waals surface area (Å²) in [7, 11) is 1.80. The summed E-state index contributed by atoms with van der Waals surface area (Å²) >= 11 is 0. The van der Waals surface area contributed by atoms with Gasteiger partial charge in [0.1, 0.15) is 0 Å². The van der Waals surface area contributed by atoms with Crippen LogP contribution in [0.1, 0.15) is 40.0 Å². The highest BCUT2D eigenvalue weighted by molar-refractivity contribution is 4.89. The van der Waals surface area contributed by atoms with E-state index >= 15 is 0 Å². The smallest absolute Gasteiger partial charge is 0.251 e. The largest absolute Gasteiger partial charge is 0.314 e. The molecule has 1 rings (SSSR count). The van der Waals surface area contributed by atoms with E-state index in [1.807, 2.05) is 0 Å². The molecule has 0 aromatic carbocycles. The van der Waals surface area contributed by atoms with Crippen molar-refractivity contribution >= 4 is 0 Å². The molecule has 0 saturated heterocycles. The molecule has 0 aliphatic heterocycles. The van der Waals surface area contributed by atoms with E-state index in [0.717, 1.165) is 25.9 Å². The lowest BCUT2D eigenvalue weighted by molar-refractivity contribution is 0.0668. The van der Waals surface area contributed by atoms with Crippen molar-refractivity contribution in [2.75, 3.05) is 26.7 Å². The minimum absolute atomic E-state index is 0.115. The molecule has 2 atom stereocenters. The van der Waals surface area contributed by atoms with Gasteiger partial charge < -0.3 is 10.2 Å². The number of halogens is 2. The molecular formula is C14H28F2N2. The number of nitrogens with zero attached hydrogens (tertiary/aromatic N) is 1. The first-order valence-electron chi connectivity index (χ1n) is 7.04. The third kappa shape index (κ3) is 5.19. The molecule has 0 heterocycles. The first kappa shape index (κ1) is 15.8. The lowest BCUT2D eigenvalue weighted by Gasteiger charge is -2.42. The molecule has 108 valence electrons. The molecule has 1 N–H and O–H groups in total. The van der Waals surface area contributed by atoms with Gasteiger partial charge in [-0.25, -0.2) is 8.78 Å². The topological polar surface area (TPSA) is 15.3 Å². The van der Waals surface area contributed by atoms with E-state index in [1.54, 1.807) is 11.9 Å². The fraction of sp³-hybridized carbons (Fsp3) is 1.00. The van der Waals surface area contributed by atoms with E-state index in [0.29, 0.717) is 17.4 Å². The van der Waals surface area contributed by atoms with Crippen LogP contribution in [0.2, 0.25) is 0 Å². The Kier molecular flexibility index (Phi) is 5.99. The summed E-state index contributed by atoms with van der Waals surface area (Å²) in [5.41, 5.74) is 0.349. The highest BCUT2D eigenvalue weighted by atomic mass is 19.3. The highest BCUT2D eigenvalue weighted by Gasteiger charge is 2.34. The second-order valence-electron chi connectivity index (χ2n) is 6.44. The molecule has 2 unspecified atom stereocenters. The normalized spacial score (nSPS) is 28.0. The molecule has 1 aliphatic rings. The summed E-state index contributed by atoms with van der Waals surface area (Å²) in [6.07, 6.45) is 1.27. The molecule has 0 aromatic rings. The minimum atomic E-state index is -2.23. The summed E-state index contributed by atoms with van der Waals surface area (Å²) < 4.78 is 24.8. The molecule has 1 aliphatic carbocycles. The molecule has 1 saturated carbocycles. The fourth-order valence-electron chi connectivity index (χ4n) is 3.17. The predicted molar refractivity (Wildman–Crippen MR) is 72.1 cm³/mol.